The number of carbonyl (C=O) groups is 1. The monoisotopic (exact) mass is 438 g/mol. The van der Waals surface area contributed by atoms with E-state index in [-0.39, 0.29) is 24.0 Å². The normalized spacial score (nSPS) is 15.3. The number of anilines is 1. The van der Waals surface area contributed by atoms with Crippen LogP contribution >= 0.6 is 0 Å². The Morgan fingerprint density at radius 2 is 2.03 bits per heavy atom. The summed E-state index contributed by atoms with van der Waals surface area (Å²) in [7, 11) is 0. The molecule has 1 atom stereocenters. The van der Waals surface area contributed by atoms with E-state index in [1.165, 1.54) is 0 Å². The number of rotatable bonds is 9. The van der Waals surface area contributed by atoms with Crippen molar-refractivity contribution in [3.05, 3.63) is 50.8 Å². The predicted octanol–water partition coefficient (Wildman–Crippen LogP) is 1.83. The van der Waals surface area contributed by atoms with E-state index in [2.05, 4.69) is 31.7 Å². The molecule has 0 spiro atoms. The lowest BCUT2D eigenvalue weighted by molar-refractivity contribution is -0.137. The van der Waals surface area contributed by atoms with Crippen molar-refractivity contribution in [1.29, 1.82) is 0 Å². The van der Waals surface area contributed by atoms with Crippen LogP contribution in [-0.2, 0) is 11.3 Å². The molecular formula is C22H26N6O4. The van der Waals surface area contributed by atoms with Crippen LogP contribution in [0.25, 0.3) is 22.6 Å². The third-order valence-corrected chi connectivity index (χ3v) is 5.60. The zero-order chi connectivity index (χ0) is 22.7. The molecule has 0 saturated carbocycles. The number of H-pyrrole nitrogens is 1. The van der Waals surface area contributed by atoms with Crippen LogP contribution < -0.4 is 21.9 Å². The number of nitrogens with zero attached hydrogens (tertiary/aromatic N) is 3. The highest BCUT2D eigenvalue weighted by Crippen LogP contribution is 2.27. The minimum Gasteiger partial charge on any atom is -0.481 e. The van der Waals surface area contributed by atoms with Crippen LogP contribution in [0.15, 0.2) is 34.0 Å². The summed E-state index contributed by atoms with van der Waals surface area (Å²) >= 11 is 0. The first-order valence-corrected chi connectivity index (χ1v) is 10.8. The summed E-state index contributed by atoms with van der Waals surface area (Å²) in [5.74, 6) is -0.534. The molecule has 1 aromatic rings. The molecule has 10 nitrogen and oxygen atoms in total. The van der Waals surface area contributed by atoms with Gasteiger partial charge in [0.15, 0.2) is 11.5 Å². The molecule has 0 unspecified atom stereocenters. The molecular weight excluding hydrogens is 412 g/mol. The van der Waals surface area contributed by atoms with Crippen LogP contribution in [0.3, 0.4) is 0 Å². The van der Waals surface area contributed by atoms with Crippen LogP contribution in [-0.4, -0.2) is 43.2 Å². The van der Waals surface area contributed by atoms with Crippen molar-refractivity contribution in [3.63, 3.8) is 0 Å². The van der Waals surface area contributed by atoms with Gasteiger partial charge in [-0.2, -0.15) is 4.98 Å². The molecule has 0 bridgehead atoms. The molecule has 4 rings (SSSR count). The highest BCUT2D eigenvalue weighted by atomic mass is 16.4. The molecule has 0 saturated heterocycles. The summed E-state index contributed by atoms with van der Waals surface area (Å²) in [6.45, 7) is 3.31. The first kappa shape index (κ1) is 21.5. The molecule has 3 aliphatic rings. The number of aryl methyl sites for hydroxylation is 2. The number of hydrogen-bond donors (Lipinski definition) is 4. The van der Waals surface area contributed by atoms with Gasteiger partial charge < -0.3 is 20.3 Å². The van der Waals surface area contributed by atoms with Crippen molar-refractivity contribution in [2.75, 3.05) is 11.9 Å². The van der Waals surface area contributed by atoms with Gasteiger partial charge in [0.2, 0.25) is 0 Å². The molecule has 0 fully saturated rings. The largest absolute Gasteiger partial charge is 0.481 e. The number of unbranched alkanes of at least 4 members (excludes halogenated alkanes) is 3. The maximum absolute atomic E-state index is 12.4. The molecule has 0 aliphatic carbocycles. The number of carboxylic acid groups (broad SMARTS) is 1. The van der Waals surface area contributed by atoms with E-state index in [0.717, 1.165) is 42.6 Å². The average molecular weight is 438 g/mol. The van der Waals surface area contributed by atoms with Gasteiger partial charge in [0, 0.05) is 25.2 Å². The lowest BCUT2D eigenvalue weighted by Crippen LogP contribution is -2.29. The number of aromatic amines is 1. The Morgan fingerprint density at radius 3 is 2.78 bits per heavy atom. The van der Waals surface area contributed by atoms with Gasteiger partial charge in [-0.05, 0) is 49.7 Å². The number of hydrogen-bond acceptors (Lipinski definition) is 7. The first-order chi connectivity index (χ1) is 15.4. The summed E-state index contributed by atoms with van der Waals surface area (Å²) in [4.78, 5) is 45.8. The molecule has 4 N–H and O–H groups in total. The highest BCUT2D eigenvalue weighted by Gasteiger charge is 2.20. The van der Waals surface area contributed by atoms with Crippen LogP contribution in [0.5, 0.6) is 0 Å². The van der Waals surface area contributed by atoms with Gasteiger partial charge in [-0.1, -0.05) is 12.8 Å². The predicted molar refractivity (Wildman–Crippen MR) is 121 cm³/mol. The minimum absolute atomic E-state index is 0.131. The number of nitrogens with one attached hydrogen (secondary N) is 3. The molecule has 168 valence electrons. The highest BCUT2D eigenvalue weighted by molar-refractivity contribution is 5.84. The number of carboxylic acids is 1. The van der Waals surface area contributed by atoms with E-state index < -0.39 is 17.2 Å². The maximum Gasteiger partial charge on any atom is 0.349 e. The number of aliphatic carboxylic acids is 1. The van der Waals surface area contributed by atoms with Crippen LogP contribution in [0, 0.1) is 6.92 Å². The zero-order valence-corrected chi connectivity index (χ0v) is 17.9. The Balaban J connectivity index is 1.71. The van der Waals surface area contributed by atoms with Crippen molar-refractivity contribution in [3.8, 4) is 11.5 Å². The number of fused-ring (bicyclic) bond motifs is 2. The summed E-state index contributed by atoms with van der Waals surface area (Å²) in [5.41, 5.74) is 2.24. The molecule has 1 aromatic carbocycles. The van der Waals surface area contributed by atoms with Gasteiger partial charge >= 0.3 is 11.7 Å². The van der Waals surface area contributed by atoms with Gasteiger partial charge in [-0.3, -0.25) is 14.6 Å². The fourth-order valence-electron chi connectivity index (χ4n) is 3.97. The average Bonchev–Trinajstić information content (AvgIpc) is 3.24. The van der Waals surface area contributed by atoms with Crippen LogP contribution in [0.4, 0.5) is 5.69 Å². The Kier molecular flexibility index (Phi) is 6.20. The minimum atomic E-state index is -0.792. The Hall–Kier alpha value is -3.69. The van der Waals surface area contributed by atoms with Crippen molar-refractivity contribution < 1.29 is 9.90 Å². The SMILES string of the molecule is Cc1cc2nc3c(=O)[nH]c(=O)nc-3n(CCCCCCC(=O)O)c2cc1N[C@@H]1C=CNC1. The molecule has 0 amide bonds. The van der Waals surface area contributed by atoms with E-state index >= 15 is 0 Å². The van der Waals surface area contributed by atoms with Gasteiger partial charge in [-0.25, -0.2) is 9.78 Å². The van der Waals surface area contributed by atoms with Gasteiger partial charge in [0.1, 0.15) is 0 Å². The summed E-state index contributed by atoms with van der Waals surface area (Å²) < 4.78 is 1.87. The van der Waals surface area contributed by atoms with Gasteiger partial charge in [0.25, 0.3) is 5.56 Å². The van der Waals surface area contributed by atoms with Crippen LogP contribution in [0.2, 0.25) is 0 Å². The molecule has 0 aromatic heterocycles. The molecule has 3 heterocycles. The molecule has 0 radical (unpaired) electrons. The molecule has 3 aliphatic heterocycles. The number of aromatic nitrogens is 4. The zero-order valence-electron chi connectivity index (χ0n) is 17.9. The summed E-state index contributed by atoms with van der Waals surface area (Å²) in [6, 6.07) is 4.08. The van der Waals surface area contributed by atoms with Gasteiger partial charge in [-0.15, -0.1) is 0 Å². The van der Waals surface area contributed by atoms with Crippen molar-refractivity contribution in [1.82, 2.24) is 24.8 Å². The Labute approximate surface area is 183 Å². The molecule has 32 heavy (non-hydrogen) atoms. The van der Waals surface area contributed by atoms with Gasteiger partial charge in [0.05, 0.1) is 17.1 Å². The topological polar surface area (TPSA) is 142 Å². The standard InChI is InChI=1S/C22H26N6O4/c1-13-10-16-17(11-15(13)24-14-7-8-23-12-14)28(9-5-3-2-4-6-18(29)30)20-19(25-16)21(31)27-22(32)26-20/h7-8,10-11,14,23-24H,2-6,9,12H2,1H3,(H,29,30)(H,27,31,32)/t14-/m1/s1. The second-order valence-corrected chi connectivity index (χ2v) is 8.04. The van der Waals surface area contributed by atoms with Crippen molar-refractivity contribution >= 4 is 22.7 Å². The van der Waals surface area contributed by atoms with E-state index in [0.29, 0.717) is 18.5 Å². The fourth-order valence-corrected chi connectivity index (χ4v) is 3.97. The second kappa shape index (κ2) is 9.21. The number of benzene rings is 1. The maximum atomic E-state index is 12.4. The van der Waals surface area contributed by atoms with E-state index in [4.69, 9.17) is 5.11 Å². The summed E-state index contributed by atoms with van der Waals surface area (Å²) in [5, 5.41) is 15.5. The van der Waals surface area contributed by atoms with Crippen molar-refractivity contribution in [2.45, 2.75) is 51.6 Å². The van der Waals surface area contributed by atoms with E-state index in [9.17, 15) is 14.4 Å². The quantitative estimate of drug-likeness (QED) is 0.293. The van der Waals surface area contributed by atoms with Crippen LogP contribution in [0.1, 0.15) is 37.7 Å². The Morgan fingerprint density at radius 1 is 1.22 bits per heavy atom. The molecule has 10 heteroatoms. The fraction of sp³-hybridized carbons (Fsp3) is 0.409. The lowest BCUT2D eigenvalue weighted by Gasteiger charge is -2.20. The van der Waals surface area contributed by atoms with Crippen molar-refractivity contribution in [2.24, 2.45) is 0 Å². The first-order valence-electron chi connectivity index (χ1n) is 10.8. The van der Waals surface area contributed by atoms with E-state index in [1.807, 2.05) is 29.8 Å². The second-order valence-electron chi connectivity index (χ2n) is 8.04. The third-order valence-electron chi connectivity index (χ3n) is 5.60. The third kappa shape index (κ3) is 4.63. The lowest BCUT2D eigenvalue weighted by atomic mass is 10.1. The smallest absolute Gasteiger partial charge is 0.349 e. The Bertz CT molecular complexity index is 1260. The summed E-state index contributed by atoms with van der Waals surface area (Å²) in [6.07, 6.45) is 7.13. The van der Waals surface area contributed by atoms with E-state index in [1.54, 1.807) is 0 Å².